The Morgan fingerprint density at radius 2 is 1.63 bits per heavy atom. The van der Waals surface area contributed by atoms with E-state index >= 15 is 0 Å². The molecular formula is C28H33Cl2N3O4S. The number of amides is 2. The Bertz CT molecular complexity index is 1410. The highest BCUT2D eigenvalue weighted by Crippen LogP contribution is 2.25. The van der Waals surface area contributed by atoms with E-state index in [0.29, 0.717) is 22.0 Å². The fourth-order valence-corrected chi connectivity index (χ4v) is 5.69. The monoisotopic (exact) mass is 577 g/mol. The van der Waals surface area contributed by atoms with E-state index in [4.69, 9.17) is 23.2 Å². The van der Waals surface area contributed by atoms with Crippen molar-refractivity contribution >= 4 is 55.8 Å². The quantitative estimate of drug-likeness (QED) is 0.326. The summed E-state index contributed by atoms with van der Waals surface area (Å²) in [6.45, 7) is 5.21. The van der Waals surface area contributed by atoms with Crippen LogP contribution in [0.4, 0.5) is 0 Å². The molecule has 0 aliphatic carbocycles. The molecule has 38 heavy (non-hydrogen) atoms. The van der Waals surface area contributed by atoms with Crippen LogP contribution in [0, 0.1) is 0 Å². The first kappa shape index (κ1) is 29.9. The smallest absolute Gasteiger partial charge is 0.243 e. The Morgan fingerprint density at radius 1 is 0.947 bits per heavy atom. The van der Waals surface area contributed by atoms with Crippen molar-refractivity contribution < 1.29 is 18.0 Å². The van der Waals surface area contributed by atoms with Gasteiger partial charge in [0.1, 0.15) is 6.04 Å². The van der Waals surface area contributed by atoms with Gasteiger partial charge in [-0.1, -0.05) is 73.4 Å². The van der Waals surface area contributed by atoms with Crippen LogP contribution in [0.5, 0.6) is 0 Å². The van der Waals surface area contributed by atoms with Gasteiger partial charge < -0.3 is 10.2 Å². The molecule has 0 fully saturated rings. The molecule has 0 aromatic heterocycles. The number of sulfonamides is 1. The first-order valence-electron chi connectivity index (χ1n) is 12.5. The predicted molar refractivity (Wildman–Crippen MR) is 153 cm³/mol. The van der Waals surface area contributed by atoms with E-state index in [2.05, 4.69) is 5.32 Å². The molecule has 0 saturated carbocycles. The minimum Gasteiger partial charge on any atom is -0.352 e. The lowest BCUT2D eigenvalue weighted by Crippen LogP contribution is -2.53. The summed E-state index contributed by atoms with van der Waals surface area (Å²) in [4.78, 5) is 28.3. The third-order valence-corrected chi connectivity index (χ3v) is 8.92. The maximum atomic E-state index is 13.7. The van der Waals surface area contributed by atoms with Crippen molar-refractivity contribution in [2.45, 2.75) is 57.1 Å². The second-order valence-corrected chi connectivity index (χ2v) is 12.2. The first-order chi connectivity index (χ1) is 18.0. The van der Waals surface area contributed by atoms with Gasteiger partial charge in [0.05, 0.1) is 11.4 Å². The molecule has 2 atom stereocenters. The number of nitrogens with zero attached hydrogens (tertiary/aromatic N) is 2. The third-order valence-electron chi connectivity index (χ3n) is 6.53. The average molecular weight is 579 g/mol. The van der Waals surface area contributed by atoms with Gasteiger partial charge in [0.2, 0.25) is 21.8 Å². The van der Waals surface area contributed by atoms with Crippen LogP contribution >= 0.6 is 23.2 Å². The highest BCUT2D eigenvalue weighted by Gasteiger charge is 2.32. The number of carbonyl (C=O) groups is 2. The molecule has 0 bridgehead atoms. The number of benzene rings is 3. The summed E-state index contributed by atoms with van der Waals surface area (Å²) in [5.41, 5.74) is 0.597. The van der Waals surface area contributed by atoms with Crippen LogP contribution in [-0.2, 0) is 26.2 Å². The van der Waals surface area contributed by atoms with Gasteiger partial charge in [-0.3, -0.25) is 9.59 Å². The molecule has 3 rings (SSSR count). The van der Waals surface area contributed by atoms with Crippen molar-refractivity contribution in [3.8, 4) is 0 Å². The van der Waals surface area contributed by atoms with Crippen LogP contribution < -0.4 is 5.32 Å². The number of hydrogen-bond acceptors (Lipinski definition) is 4. The number of nitrogens with one attached hydrogen (secondary N) is 1. The van der Waals surface area contributed by atoms with Crippen LogP contribution in [-0.4, -0.2) is 55.1 Å². The zero-order valence-corrected chi connectivity index (χ0v) is 24.3. The second-order valence-electron chi connectivity index (χ2n) is 9.27. The highest BCUT2D eigenvalue weighted by molar-refractivity contribution is 7.89. The van der Waals surface area contributed by atoms with Crippen LogP contribution in [0.1, 0.15) is 39.2 Å². The van der Waals surface area contributed by atoms with Gasteiger partial charge in [0, 0.05) is 29.7 Å². The summed E-state index contributed by atoms with van der Waals surface area (Å²) < 4.78 is 27.8. The second kappa shape index (κ2) is 12.9. The van der Waals surface area contributed by atoms with E-state index in [0.717, 1.165) is 21.5 Å². The fourth-order valence-electron chi connectivity index (χ4n) is 4.07. The van der Waals surface area contributed by atoms with Crippen molar-refractivity contribution in [2.24, 2.45) is 0 Å². The van der Waals surface area contributed by atoms with Crippen LogP contribution in [0.2, 0.25) is 10.0 Å². The number of hydrogen-bond donors (Lipinski definition) is 1. The summed E-state index contributed by atoms with van der Waals surface area (Å²) in [6.07, 6.45) is 1.06. The minimum absolute atomic E-state index is 0.0190. The molecule has 0 heterocycles. The zero-order chi connectivity index (χ0) is 28.0. The molecular weight excluding hydrogens is 545 g/mol. The lowest BCUT2D eigenvalue weighted by Gasteiger charge is -2.32. The van der Waals surface area contributed by atoms with E-state index in [1.54, 1.807) is 37.3 Å². The molecule has 3 aromatic carbocycles. The maximum absolute atomic E-state index is 13.7. The molecule has 2 amide bonds. The Balaban J connectivity index is 1.91. The summed E-state index contributed by atoms with van der Waals surface area (Å²) in [5, 5.41) is 5.42. The van der Waals surface area contributed by atoms with Crippen molar-refractivity contribution in [2.75, 3.05) is 13.6 Å². The molecule has 0 spiro atoms. The Morgan fingerprint density at radius 3 is 2.26 bits per heavy atom. The minimum atomic E-state index is -3.98. The van der Waals surface area contributed by atoms with Crippen molar-refractivity contribution in [1.29, 1.82) is 0 Å². The Kier molecular flexibility index (Phi) is 10.2. The van der Waals surface area contributed by atoms with Crippen LogP contribution in [0.15, 0.2) is 65.6 Å². The van der Waals surface area contributed by atoms with Crippen LogP contribution in [0.3, 0.4) is 0 Å². The van der Waals surface area contributed by atoms with Gasteiger partial charge >= 0.3 is 0 Å². The van der Waals surface area contributed by atoms with Crippen molar-refractivity contribution in [3.63, 3.8) is 0 Å². The molecule has 0 saturated heterocycles. The van der Waals surface area contributed by atoms with Gasteiger partial charge in [-0.2, -0.15) is 4.31 Å². The Labute approximate surface area is 234 Å². The lowest BCUT2D eigenvalue weighted by atomic mass is 10.1. The number of carbonyl (C=O) groups excluding carboxylic acids is 2. The largest absolute Gasteiger partial charge is 0.352 e. The van der Waals surface area contributed by atoms with Gasteiger partial charge in [-0.25, -0.2) is 8.42 Å². The number of halogens is 2. The summed E-state index contributed by atoms with van der Waals surface area (Å²) in [6, 6.07) is 16.3. The molecule has 0 aliphatic rings. The number of rotatable bonds is 11. The number of likely N-dealkylation sites (N-methyl/N-ethyl adjacent to an activating group) is 1. The molecule has 0 unspecified atom stereocenters. The van der Waals surface area contributed by atoms with Gasteiger partial charge in [0.15, 0.2) is 0 Å². The van der Waals surface area contributed by atoms with Crippen LogP contribution in [0.25, 0.3) is 10.8 Å². The van der Waals surface area contributed by atoms with Gasteiger partial charge in [0.25, 0.3) is 0 Å². The summed E-state index contributed by atoms with van der Waals surface area (Å²) >= 11 is 12.4. The van der Waals surface area contributed by atoms with Gasteiger partial charge in [-0.15, -0.1) is 0 Å². The van der Waals surface area contributed by atoms with Crippen molar-refractivity contribution in [3.05, 3.63) is 76.3 Å². The molecule has 0 radical (unpaired) electrons. The summed E-state index contributed by atoms with van der Waals surface area (Å²) in [5.74, 6) is -0.825. The maximum Gasteiger partial charge on any atom is 0.243 e. The van der Waals surface area contributed by atoms with E-state index < -0.39 is 28.5 Å². The van der Waals surface area contributed by atoms with Gasteiger partial charge in [-0.05, 0) is 60.4 Å². The standard InChI is InChI=1S/C28H33Cl2N3O4S/c1-5-19(3)31-28(35)26(6-2)33(17-22-11-13-23(29)16-25(22)30)27(34)18-32(4)38(36,37)24-14-12-20-9-7-8-10-21(20)15-24/h7-16,19,26H,5-6,17-18H2,1-4H3,(H,31,35)/t19-,26+/m1/s1. The number of fused-ring (bicyclic) bond motifs is 1. The predicted octanol–water partition coefficient (Wildman–Crippen LogP) is 5.49. The average Bonchev–Trinajstić information content (AvgIpc) is 2.89. The van der Waals surface area contributed by atoms with E-state index in [-0.39, 0.29) is 23.4 Å². The van der Waals surface area contributed by atoms with E-state index in [1.807, 2.05) is 38.1 Å². The molecule has 10 heteroatoms. The molecule has 3 aromatic rings. The normalized spacial score (nSPS) is 13.3. The van der Waals surface area contributed by atoms with Crippen molar-refractivity contribution in [1.82, 2.24) is 14.5 Å². The fraction of sp³-hybridized carbons (Fsp3) is 0.357. The lowest BCUT2D eigenvalue weighted by molar-refractivity contribution is -0.141. The Hall–Kier alpha value is -2.65. The SMILES string of the molecule is CC[C@@H](C)NC(=O)[C@H](CC)N(Cc1ccc(Cl)cc1Cl)C(=O)CN(C)S(=O)(=O)c1ccc2ccccc2c1. The highest BCUT2D eigenvalue weighted by atomic mass is 35.5. The molecule has 1 N–H and O–H groups in total. The topological polar surface area (TPSA) is 86.8 Å². The molecule has 0 aliphatic heterocycles. The zero-order valence-electron chi connectivity index (χ0n) is 21.9. The third kappa shape index (κ3) is 7.05. The van der Waals surface area contributed by atoms with E-state index in [1.165, 1.54) is 18.0 Å². The molecule has 204 valence electrons. The molecule has 7 nitrogen and oxygen atoms in total. The van der Waals surface area contributed by atoms with E-state index in [9.17, 15) is 18.0 Å². The summed E-state index contributed by atoms with van der Waals surface area (Å²) in [7, 11) is -2.62. The first-order valence-corrected chi connectivity index (χ1v) is 14.7.